The van der Waals surface area contributed by atoms with Crippen molar-refractivity contribution in [3.63, 3.8) is 0 Å². The first kappa shape index (κ1) is 17.3. The molecule has 0 amide bonds. The first-order chi connectivity index (χ1) is 13.3. The molecule has 0 unspecified atom stereocenters. The summed E-state index contributed by atoms with van der Waals surface area (Å²) in [5.41, 5.74) is 2.20. The molecule has 0 aliphatic carbocycles. The summed E-state index contributed by atoms with van der Waals surface area (Å²) in [6.45, 7) is 1.72. The summed E-state index contributed by atoms with van der Waals surface area (Å²) < 4.78 is 11.4. The molecule has 0 N–H and O–H groups in total. The Morgan fingerprint density at radius 2 is 1.85 bits per heavy atom. The summed E-state index contributed by atoms with van der Waals surface area (Å²) in [4.78, 5) is 15.1. The van der Waals surface area contributed by atoms with Crippen LogP contribution in [0.25, 0.3) is 11.1 Å². The largest absolute Gasteiger partial charge is 0.490 e. The van der Waals surface area contributed by atoms with Gasteiger partial charge in [-0.1, -0.05) is 18.2 Å². The molecule has 1 fully saturated rings. The quantitative estimate of drug-likeness (QED) is 0.691. The molecular weight excluding hydrogens is 340 g/mol. The highest BCUT2D eigenvalue weighted by Gasteiger charge is 2.22. The number of hydrogen-bond donors (Lipinski definition) is 0. The van der Waals surface area contributed by atoms with Crippen LogP contribution in [0.3, 0.4) is 0 Å². The molecule has 138 valence electrons. The average molecular weight is 362 g/mol. The van der Waals surface area contributed by atoms with Crippen LogP contribution in [0.4, 0.5) is 5.95 Å². The minimum absolute atomic E-state index is 0.191. The molecule has 0 spiro atoms. The number of hydrogen-bond acceptors (Lipinski definition) is 6. The number of aromatic nitrogens is 3. The summed E-state index contributed by atoms with van der Waals surface area (Å²) >= 11 is 0. The Bertz CT molecular complexity index is 880. The Balaban J connectivity index is 1.38. The number of anilines is 1. The smallest absolute Gasteiger partial charge is 0.228 e. The third kappa shape index (κ3) is 4.16. The summed E-state index contributed by atoms with van der Waals surface area (Å²) in [7, 11) is 1.62. The molecule has 1 saturated heterocycles. The lowest BCUT2D eigenvalue weighted by Gasteiger charge is -2.32. The van der Waals surface area contributed by atoms with Gasteiger partial charge in [0, 0.05) is 56.2 Å². The summed E-state index contributed by atoms with van der Waals surface area (Å²) in [5, 5.41) is 0. The van der Waals surface area contributed by atoms with Gasteiger partial charge >= 0.3 is 0 Å². The van der Waals surface area contributed by atoms with Crippen LogP contribution in [0.15, 0.2) is 61.1 Å². The van der Waals surface area contributed by atoms with Crippen molar-refractivity contribution in [1.29, 1.82) is 0 Å². The standard InChI is InChI=1S/C21H22N4O2/c1-26-20-7-11-23-21(24-20)25-12-8-18(9-13-25)27-19-6-2-4-16(14-19)17-5-3-10-22-15-17/h2-7,10-11,14-15,18H,8-9,12-13H2,1H3. The first-order valence-corrected chi connectivity index (χ1v) is 9.11. The van der Waals surface area contributed by atoms with Crippen molar-refractivity contribution in [2.24, 2.45) is 0 Å². The second-order valence-corrected chi connectivity index (χ2v) is 6.47. The van der Waals surface area contributed by atoms with Crippen LogP contribution in [0.1, 0.15) is 12.8 Å². The minimum Gasteiger partial charge on any atom is -0.490 e. The van der Waals surface area contributed by atoms with Crippen molar-refractivity contribution in [2.45, 2.75) is 18.9 Å². The van der Waals surface area contributed by atoms with E-state index in [1.54, 1.807) is 25.6 Å². The lowest BCUT2D eigenvalue weighted by molar-refractivity contribution is 0.170. The highest BCUT2D eigenvalue weighted by atomic mass is 16.5. The molecule has 0 saturated carbocycles. The van der Waals surface area contributed by atoms with Crippen molar-refractivity contribution in [1.82, 2.24) is 15.0 Å². The fraction of sp³-hybridized carbons (Fsp3) is 0.286. The van der Waals surface area contributed by atoms with Crippen molar-refractivity contribution >= 4 is 5.95 Å². The van der Waals surface area contributed by atoms with Crippen LogP contribution in [-0.4, -0.2) is 41.3 Å². The Kier molecular flexibility index (Phi) is 5.14. The molecule has 3 heterocycles. The summed E-state index contributed by atoms with van der Waals surface area (Å²) in [6, 6.07) is 13.9. The summed E-state index contributed by atoms with van der Waals surface area (Å²) in [6.07, 6.45) is 7.43. The van der Waals surface area contributed by atoms with Gasteiger partial charge in [-0.15, -0.1) is 0 Å². The van der Waals surface area contributed by atoms with E-state index < -0.39 is 0 Å². The van der Waals surface area contributed by atoms with E-state index in [9.17, 15) is 0 Å². The summed E-state index contributed by atoms with van der Waals surface area (Å²) in [5.74, 6) is 2.20. The number of nitrogens with zero attached hydrogens (tertiary/aromatic N) is 4. The third-order valence-corrected chi connectivity index (χ3v) is 4.68. The van der Waals surface area contributed by atoms with E-state index in [1.807, 2.05) is 24.4 Å². The fourth-order valence-corrected chi connectivity index (χ4v) is 3.25. The molecule has 0 atom stereocenters. The van der Waals surface area contributed by atoms with Crippen molar-refractivity contribution in [2.75, 3.05) is 25.1 Å². The van der Waals surface area contributed by atoms with Gasteiger partial charge in [-0.05, 0) is 23.8 Å². The molecule has 0 radical (unpaired) electrons. The number of ether oxygens (including phenoxy) is 2. The molecule has 6 nitrogen and oxygen atoms in total. The van der Waals surface area contributed by atoms with Gasteiger partial charge in [0.2, 0.25) is 11.8 Å². The zero-order chi connectivity index (χ0) is 18.5. The van der Waals surface area contributed by atoms with E-state index >= 15 is 0 Å². The normalized spacial score (nSPS) is 14.8. The van der Waals surface area contributed by atoms with E-state index in [0.29, 0.717) is 11.8 Å². The zero-order valence-electron chi connectivity index (χ0n) is 15.3. The lowest BCUT2D eigenvalue weighted by Crippen LogP contribution is -2.39. The molecule has 2 aromatic heterocycles. The van der Waals surface area contributed by atoms with E-state index in [4.69, 9.17) is 9.47 Å². The Morgan fingerprint density at radius 1 is 1.00 bits per heavy atom. The molecule has 4 rings (SSSR count). The van der Waals surface area contributed by atoms with Crippen LogP contribution in [-0.2, 0) is 0 Å². The maximum Gasteiger partial charge on any atom is 0.228 e. The van der Waals surface area contributed by atoms with Crippen molar-refractivity contribution in [3.05, 3.63) is 61.1 Å². The average Bonchev–Trinajstić information content (AvgIpc) is 2.75. The predicted octanol–water partition coefficient (Wildman–Crippen LogP) is 3.60. The Morgan fingerprint density at radius 3 is 2.63 bits per heavy atom. The van der Waals surface area contributed by atoms with Crippen LogP contribution in [0.2, 0.25) is 0 Å². The molecule has 1 aliphatic heterocycles. The topological polar surface area (TPSA) is 60.4 Å². The van der Waals surface area contributed by atoms with Crippen LogP contribution in [0, 0.1) is 0 Å². The second kappa shape index (κ2) is 8.03. The lowest BCUT2D eigenvalue weighted by atomic mass is 10.1. The van der Waals surface area contributed by atoms with Crippen molar-refractivity contribution in [3.8, 4) is 22.8 Å². The Labute approximate surface area is 158 Å². The van der Waals surface area contributed by atoms with Gasteiger partial charge in [0.25, 0.3) is 0 Å². The van der Waals surface area contributed by atoms with Gasteiger partial charge in [-0.2, -0.15) is 4.98 Å². The highest BCUT2D eigenvalue weighted by molar-refractivity contribution is 5.63. The predicted molar refractivity (Wildman–Crippen MR) is 104 cm³/mol. The maximum atomic E-state index is 6.23. The second-order valence-electron chi connectivity index (χ2n) is 6.47. The van der Waals surface area contributed by atoms with E-state index in [-0.39, 0.29) is 6.10 Å². The van der Waals surface area contributed by atoms with Gasteiger partial charge in [-0.25, -0.2) is 4.98 Å². The van der Waals surface area contributed by atoms with E-state index in [1.165, 1.54) is 0 Å². The molecule has 1 aromatic carbocycles. The minimum atomic E-state index is 0.191. The molecular formula is C21H22N4O2. The highest BCUT2D eigenvalue weighted by Crippen LogP contribution is 2.26. The molecule has 1 aliphatic rings. The number of methoxy groups -OCH3 is 1. The number of rotatable bonds is 5. The number of benzene rings is 1. The fourth-order valence-electron chi connectivity index (χ4n) is 3.25. The monoisotopic (exact) mass is 362 g/mol. The van der Waals surface area contributed by atoms with Crippen LogP contribution >= 0.6 is 0 Å². The zero-order valence-corrected chi connectivity index (χ0v) is 15.3. The molecule has 0 bridgehead atoms. The Hall–Kier alpha value is -3.15. The molecule has 3 aromatic rings. The van der Waals surface area contributed by atoms with Gasteiger partial charge < -0.3 is 14.4 Å². The molecule has 27 heavy (non-hydrogen) atoms. The SMILES string of the molecule is COc1ccnc(N2CCC(Oc3cccc(-c4cccnc4)c3)CC2)n1. The first-order valence-electron chi connectivity index (χ1n) is 9.11. The van der Waals surface area contributed by atoms with E-state index in [0.717, 1.165) is 42.8 Å². The molecule has 6 heteroatoms. The van der Waals surface area contributed by atoms with Gasteiger partial charge in [0.05, 0.1) is 7.11 Å². The van der Waals surface area contributed by atoms with Crippen molar-refractivity contribution < 1.29 is 9.47 Å². The van der Waals surface area contributed by atoms with Gasteiger partial charge in [0.15, 0.2) is 0 Å². The van der Waals surface area contributed by atoms with Gasteiger partial charge in [0.1, 0.15) is 11.9 Å². The van der Waals surface area contributed by atoms with Crippen LogP contribution in [0.5, 0.6) is 11.6 Å². The number of piperidine rings is 1. The van der Waals surface area contributed by atoms with Crippen LogP contribution < -0.4 is 14.4 Å². The number of pyridine rings is 1. The van der Waals surface area contributed by atoms with E-state index in [2.05, 4.69) is 38.1 Å². The van der Waals surface area contributed by atoms with Gasteiger partial charge in [-0.3, -0.25) is 4.98 Å². The third-order valence-electron chi connectivity index (χ3n) is 4.68. The maximum absolute atomic E-state index is 6.23.